The van der Waals surface area contributed by atoms with Crippen molar-refractivity contribution < 1.29 is 0 Å². The van der Waals surface area contributed by atoms with Gasteiger partial charge in [0.1, 0.15) is 5.82 Å². The molecule has 0 radical (unpaired) electrons. The Hall–Kier alpha value is -1.88. The van der Waals surface area contributed by atoms with E-state index in [1.807, 2.05) is 0 Å². The lowest BCUT2D eigenvalue weighted by Gasteiger charge is -2.15. The second-order valence-electron chi connectivity index (χ2n) is 14.7. The number of hydrogen-bond acceptors (Lipinski definition) is 3. The van der Waals surface area contributed by atoms with Crippen LogP contribution in [0.4, 0.5) is 0 Å². The summed E-state index contributed by atoms with van der Waals surface area (Å²) < 4.78 is 4.37. The first-order valence-corrected chi connectivity index (χ1v) is 15.1. The third-order valence-corrected chi connectivity index (χ3v) is 7.74. The van der Waals surface area contributed by atoms with E-state index < -0.39 is 0 Å². The molecule has 38 heavy (non-hydrogen) atoms. The van der Waals surface area contributed by atoms with Gasteiger partial charge in [-0.15, -0.1) is 11.3 Å². The van der Waals surface area contributed by atoms with Crippen molar-refractivity contribution in [1.29, 1.82) is 0 Å². The summed E-state index contributed by atoms with van der Waals surface area (Å²) in [6.07, 6.45) is 4.38. The molecule has 0 atom stereocenters. The molecule has 0 spiro atoms. The van der Waals surface area contributed by atoms with Gasteiger partial charge in [-0.3, -0.25) is 0 Å². The Balaban J connectivity index is 0.000000285. The van der Waals surface area contributed by atoms with Crippen LogP contribution in [0.15, 0.2) is 23.8 Å². The van der Waals surface area contributed by atoms with Crippen molar-refractivity contribution in [2.75, 3.05) is 0 Å². The molecule has 0 saturated carbocycles. The molecule has 0 aromatic carbocycles. The van der Waals surface area contributed by atoms with Gasteiger partial charge in [-0.2, -0.15) is 0 Å². The highest BCUT2D eigenvalue weighted by Crippen LogP contribution is 2.28. The van der Waals surface area contributed by atoms with Crippen molar-refractivity contribution in [2.45, 2.75) is 138 Å². The number of aryl methyl sites for hydroxylation is 2. The molecule has 0 saturated heterocycles. The zero-order chi connectivity index (χ0) is 29.8. The molecule has 0 bridgehead atoms. The predicted molar refractivity (Wildman–Crippen MR) is 169 cm³/mol. The largest absolute Gasteiger partial charge is 0.354 e. The highest BCUT2D eigenvalue weighted by Gasteiger charge is 2.20. The fourth-order valence-electron chi connectivity index (χ4n) is 3.84. The zero-order valence-electron chi connectivity index (χ0n) is 27.7. The Morgan fingerprint density at radius 3 is 1.45 bits per heavy atom. The molecule has 3 heterocycles. The van der Waals surface area contributed by atoms with Gasteiger partial charge in [0.05, 0.1) is 16.4 Å². The summed E-state index contributed by atoms with van der Waals surface area (Å²) in [7, 11) is 4.20. The molecular weight excluding hydrogens is 484 g/mol. The second kappa shape index (κ2) is 13.0. The molecule has 0 amide bonds. The van der Waals surface area contributed by atoms with Crippen molar-refractivity contribution in [1.82, 2.24) is 19.1 Å². The van der Waals surface area contributed by atoms with Crippen LogP contribution in [0.25, 0.3) is 0 Å². The third kappa shape index (κ3) is 10.0. The van der Waals surface area contributed by atoms with Gasteiger partial charge in [0.2, 0.25) is 0 Å². The summed E-state index contributed by atoms with van der Waals surface area (Å²) in [6, 6.07) is 2.32. The van der Waals surface area contributed by atoms with Gasteiger partial charge in [-0.05, 0) is 28.9 Å². The second-order valence-corrected chi connectivity index (χ2v) is 15.5. The normalized spacial score (nSPS) is 12.5. The fraction of sp³-hybridized carbons (Fsp3) is 0.697. The van der Waals surface area contributed by atoms with Gasteiger partial charge >= 0.3 is 0 Å². The number of rotatable bonds is 3. The molecule has 0 fully saturated rings. The molecule has 0 aliphatic carbocycles. The Morgan fingerprint density at radius 1 is 0.658 bits per heavy atom. The van der Waals surface area contributed by atoms with Crippen LogP contribution in [-0.4, -0.2) is 19.1 Å². The highest BCUT2D eigenvalue weighted by molar-refractivity contribution is 7.09. The Kier molecular flexibility index (Phi) is 11.7. The van der Waals surface area contributed by atoms with E-state index in [1.165, 1.54) is 33.5 Å². The van der Waals surface area contributed by atoms with E-state index in [9.17, 15) is 0 Å². The summed E-state index contributed by atoms with van der Waals surface area (Å²) >= 11 is 1.77. The lowest BCUT2D eigenvalue weighted by molar-refractivity contribution is 0.569. The fourth-order valence-corrected chi connectivity index (χ4v) is 4.91. The Bertz CT molecular complexity index is 1060. The van der Waals surface area contributed by atoms with E-state index in [2.05, 4.69) is 161 Å². The first-order valence-electron chi connectivity index (χ1n) is 14.2. The summed E-state index contributed by atoms with van der Waals surface area (Å²) in [5, 5.41) is 3.41. The van der Waals surface area contributed by atoms with Gasteiger partial charge in [0.15, 0.2) is 0 Å². The maximum absolute atomic E-state index is 4.64. The summed E-state index contributed by atoms with van der Waals surface area (Å²) in [6.45, 7) is 33.2. The van der Waals surface area contributed by atoms with Crippen LogP contribution >= 0.6 is 11.3 Å². The van der Waals surface area contributed by atoms with Crippen LogP contribution in [0.3, 0.4) is 0 Å². The predicted octanol–water partition coefficient (Wildman–Crippen LogP) is 9.85. The van der Waals surface area contributed by atoms with E-state index >= 15 is 0 Å². The van der Waals surface area contributed by atoms with Crippen molar-refractivity contribution in [3.63, 3.8) is 0 Å². The molecular formula is C33H58N4S. The summed E-state index contributed by atoms with van der Waals surface area (Å²) in [5.41, 5.74) is 5.89. The van der Waals surface area contributed by atoms with Gasteiger partial charge in [0, 0.05) is 54.3 Å². The first kappa shape index (κ1) is 34.1. The maximum atomic E-state index is 4.64. The van der Waals surface area contributed by atoms with Crippen LogP contribution in [-0.2, 0) is 30.3 Å². The number of nitrogens with zero attached hydrogens (tertiary/aromatic N) is 4. The topological polar surface area (TPSA) is 35.6 Å². The smallest absolute Gasteiger partial charge is 0.111 e. The van der Waals surface area contributed by atoms with Gasteiger partial charge in [-0.1, -0.05) is 104 Å². The molecule has 0 aliphatic heterocycles. The average Bonchev–Trinajstić information content (AvgIpc) is 3.45. The molecule has 0 N–H and O–H groups in total. The monoisotopic (exact) mass is 542 g/mol. The van der Waals surface area contributed by atoms with E-state index in [0.29, 0.717) is 17.8 Å². The van der Waals surface area contributed by atoms with Crippen LogP contribution < -0.4 is 0 Å². The minimum absolute atomic E-state index is 0.158. The van der Waals surface area contributed by atoms with Crippen LogP contribution in [0, 0.1) is 0 Å². The molecule has 0 unspecified atom stereocenters. The van der Waals surface area contributed by atoms with Crippen LogP contribution in [0.2, 0.25) is 0 Å². The number of hydrogen-bond donors (Lipinski definition) is 0. The molecule has 216 valence electrons. The van der Waals surface area contributed by atoms with E-state index in [0.717, 1.165) is 0 Å². The molecule has 3 rings (SSSR count). The summed E-state index contributed by atoms with van der Waals surface area (Å²) in [4.78, 5) is 9.24. The van der Waals surface area contributed by atoms with Gasteiger partial charge in [0.25, 0.3) is 0 Å². The molecule has 5 heteroatoms. The lowest BCUT2D eigenvalue weighted by Crippen LogP contribution is -2.11. The van der Waals surface area contributed by atoms with E-state index in [-0.39, 0.29) is 16.2 Å². The highest BCUT2D eigenvalue weighted by atomic mass is 32.1. The SMILES string of the molecule is CC(C)c1cc(C(C)(C)C)cn1C.CC(C)c1csc(C(C)(C)C)n1.CC(C)c1nc(C(C)(C)C)cn1C. The van der Waals surface area contributed by atoms with E-state index in [4.69, 9.17) is 0 Å². The van der Waals surface area contributed by atoms with E-state index in [1.54, 1.807) is 11.3 Å². The molecule has 3 aromatic heterocycles. The Morgan fingerprint density at radius 2 is 1.21 bits per heavy atom. The van der Waals surface area contributed by atoms with Crippen molar-refractivity contribution in [3.05, 3.63) is 57.3 Å². The Labute approximate surface area is 239 Å². The molecule has 3 aromatic rings. The number of thiazole rings is 1. The summed E-state index contributed by atoms with van der Waals surface area (Å²) in [5.74, 6) is 2.84. The van der Waals surface area contributed by atoms with Crippen molar-refractivity contribution >= 4 is 11.3 Å². The zero-order valence-corrected chi connectivity index (χ0v) is 28.6. The lowest BCUT2D eigenvalue weighted by atomic mass is 9.89. The minimum atomic E-state index is 0.158. The quantitative estimate of drug-likeness (QED) is 0.330. The van der Waals surface area contributed by atoms with Crippen LogP contribution in [0.5, 0.6) is 0 Å². The van der Waals surface area contributed by atoms with Gasteiger partial charge < -0.3 is 9.13 Å². The van der Waals surface area contributed by atoms with Crippen molar-refractivity contribution in [2.24, 2.45) is 14.1 Å². The average molecular weight is 543 g/mol. The van der Waals surface area contributed by atoms with Gasteiger partial charge in [-0.25, -0.2) is 9.97 Å². The molecule has 0 aliphatic rings. The van der Waals surface area contributed by atoms with Crippen LogP contribution in [0.1, 0.15) is 155 Å². The standard InChI is InChI=1S/C12H21N.C11H20N2.C10H17NS/c1-9(2)11-7-10(8-13(11)6)12(3,4)5;1-8(2)10-12-9(7-13(10)6)11(3,4)5;1-7(2)8-6-12-9(11-8)10(3,4)5/h7-9H,1-6H3;7-8H,1-6H3;6-7H,1-5H3. The van der Waals surface area contributed by atoms with Crippen molar-refractivity contribution in [3.8, 4) is 0 Å². The number of imidazole rings is 1. The maximum Gasteiger partial charge on any atom is 0.111 e. The first-order chi connectivity index (χ1) is 17.1. The minimum Gasteiger partial charge on any atom is -0.354 e. The molecule has 4 nitrogen and oxygen atoms in total. The third-order valence-electron chi connectivity index (χ3n) is 6.45. The number of aromatic nitrogens is 4.